The van der Waals surface area contributed by atoms with E-state index in [1.54, 1.807) is 0 Å². The second kappa shape index (κ2) is 11.8. The van der Waals surface area contributed by atoms with Crippen molar-refractivity contribution in [2.45, 2.75) is 0 Å². The normalized spacial score (nSPS) is 11.9. The number of fused-ring (bicyclic) bond motifs is 10. The predicted octanol–water partition coefficient (Wildman–Crippen LogP) is 11.5. The Morgan fingerprint density at radius 3 is 1.82 bits per heavy atom. The molecule has 0 amide bonds. The van der Waals surface area contributed by atoms with E-state index in [0.29, 0.717) is 17.5 Å². The van der Waals surface area contributed by atoms with Crippen LogP contribution in [0.3, 0.4) is 0 Å². The van der Waals surface area contributed by atoms with Crippen LogP contribution in [0.15, 0.2) is 180 Å². The zero-order valence-corrected chi connectivity index (χ0v) is 29.8. The zero-order chi connectivity index (χ0) is 36.7. The van der Waals surface area contributed by atoms with Crippen molar-refractivity contribution in [3.05, 3.63) is 176 Å². The minimum Gasteiger partial charge on any atom is -0.456 e. The van der Waals surface area contributed by atoms with Crippen molar-refractivity contribution in [2.24, 2.45) is 0 Å². The van der Waals surface area contributed by atoms with E-state index in [-0.39, 0.29) is 0 Å². The lowest BCUT2D eigenvalue weighted by Gasteiger charge is -2.09. The third-order valence-corrected chi connectivity index (χ3v) is 10.7. The summed E-state index contributed by atoms with van der Waals surface area (Å²) in [5.41, 5.74) is 11.5. The topological polar surface area (TPSA) is 79.0 Å². The first-order chi connectivity index (χ1) is 27.8. The molecule has 0 aliphatic rings. The molecule has 8 nitrogen and oxygen atoms in total. The Balaban J connectivity index is 1.16. The summed E-state index contributed by atoms with van der Waals surface area (Å²) in [6.45, 7) is 0. The molecule has 5 heterocycles. The number of imidazole rings is 2. The first-order valence-electron chi connectivity index (χ1n) is 18.6. The summed E-state index contributed by atoms with van der Waals surface area (Å²) in [6, 6.07) is 60.1. The molecule has 0 N–H and O–H groups in total. The van der Waals surface area contributed by atoms with Gasteiger partial charge in [-0.1, -0.05) is 121 Å². The van der Waals surface area contributed by atoms with Crippen molar-refractivity contribution >= 4 is 60.8 Å². The maximum Gasteiger partial charge on any atom is 0.221 e. The van der Waals surface area contributed by atoms with Crippen LogP contribution in [-0.2, 0) is 0 Å². The SMILES string of the molecule is c1ccc(-c2nc(-c3ccccc3)nc(-c3cccc4oc5ccc(-n6c7c8ccccc8n(-c8ccccc8)c7n7c8ccccc8nc67)cc5c34)n2)cc1. The maximum absolute atomic E-state index is 6.57. The second-order valence-corrected chi connectivity index (χ2v) is 13.9. The van der Waals surface area contributed by atoms with Gasteiger partial charge in [0.25, 0.3) is 0 Å². The largest absolute Gasteiger partial charge is 0.456 e. The van der Waals surface area contributed by atoms with Gasteiger partial charge >= 0.3 is 0 Å². The van der Waals surface area contributed by atoms with E-state index in [1.165, 1.54) is 0 Å². The van der Waals surface area contributed by atoms with Crippen LogP contribution < -0.4 is 0 Å². The van der Waals surface area contributed by atoms with Crippen molar-refractivity contribution in [1.29, 1.82) is 0 Å². The van der Waals surface area contributed by atoms with E-state index < -0.39 is 0 Å². The number of hydrogen-bond donors (Lipinski definition) is 0. The smallest absolute Gasteiger partial charge is 0.221 e. The monoisotopic (exact) mass is 719 g/mol. The van der Waals surface area contributed by atoms with E-state index in [1.807, 2.05) is 78.9 Å². The Bertz CT molecular complexity index is 3410. The van der Waals surface area contributed by atoms with Crippen LogP contribution in [0.4, 0.5) is 0 Å². The standard InChI is InChI=1S/C48H29N7O/c1-4-15-30(16-5-1)44-50-45(31-17-6-2-7-18-31)52-46(51-44)35-22-14-26-41-42(35)36-29-33(27-28-40(36)56-41)54-43-34-21-10-12-24-38(34)53(32-19-8-3-9-20-32)47(43)55-39-25-13-11-23-37(39)49-48(54)55/h1-29H. The molecule has 12 rings (SSSR count). The van der Waals surface area contributed by atoms with Gasteiger partial charge < -0.3 is 4.42 Å². The molecule has 56 heavy (non-hydrogen) atoms. The zero-order valence-electron chi connectivity index (χ0n) is 29.8. The lowest BCUT2D eigenvalue weighted by Crippen LogP contribution is -2.00. The van der Waals surface area contributed by atoms with E-state index in [2.05, 4.69) is 111 Å². The molecular weight excluding hydrogens is 691 g/mol. The minimum absolute atomic E-state index is 0.576. The molecule has 0 radical (unpaired) electrons. The number of para-hydroxylation sites is 4. The number of aromatic nitrogens is 7. The highest BCUT2D eigenvalue weighted by Gasteiger charge is 2.26. The lowest BCUT2D eigenvalue weighted by molar-refractivity contribution is 0.669. The van der Waals surface area contributed by atoms with Gasteiger partial charge in [0.1, 0.15) is 16.7 Å². The Morgan fingerprint density at radius 1 is 0.429 bits per heavy atom. The Kier molecular flexibility index (Phi) is 6.47. The molecule has 0 fully saturated rings. The van der Waals surface area contributed by atoms with Crippen LogP contribution >= 0.6 is 0 Å². The van der Waals surface area contributed by atoms with Gasteiger partial charge in [-0.25, -0.2) is 19.9 Å². The number of hydrogen-bond acceptors (Lipinski definition) is 5. The van der Waals surface area contributed by atoms with Gasteiger partial charge in [-0.05, 0) is 54.6 Å². The predicted molar refractivity (Wildman–Crippen MR) is 223 cm³/mol. The fraction of sp³-hybridized carbons (Fsp3) is 0. The third-order valence-electron chi connectivity index (χ3n) is 10.7. The molecular formula is C48H29N7O. The number of benzene rings is 7. The van der Waals surface area contributed by atoms with Crippen LogP contribution in [0, 0.1) is 0 Å². The average Bonchev–Trinajstić information content (AvgIpc) is 4.01. The Morgan fingerprint density at radius 2 is 1.07 bits per heavy atom. The fourth-order valence-corrected chi connectivity index (χ4v) is 8.26. The van der Waals surface area contributed by atoms with Crippen molar-refractivity contribution in [3.8, 4) is 45.5 Å². The molecule has 0 atom stereocenters. The van der Waals surface area contributed by atoms with Gasteiger partial charge in [-0.2, -0.15) is 0 Å². The first-order valence-corrected chi connectivity index (χ1v) is 18.6. The second-order valence-electron chi connectivity index (χ2n) is 13.9. The first kappa shape index (κ1) is 30.6. The van der Waals surface area contributed by atoms with Crippen LogP contribution in [-0.4, -0.2) is 33.5 Å². The molecule has 0 aliphatic carbocycles. The molecule has 12 aromatic rings. The van der Waals surface area contributed by atoms with Gasteiger partial charge in [0.05, 0.1) is 22.2 Å². The summed E-state index contributed by atoms with van der Waals surface area (Å²) in [7, 11) is 0. The molecule has 0 saturated carbocycles. The van der Waals surface area contributed by atoms with E-state index in [0.717, 1.165) is 88.9 Å². The van der Waals surface area contributed by atoms with E-state index >= 15 is 0 Å². The van der Waals surface area contributed by atoms with Gasteiger partial charge in [0, 0.05) is 38.5 Å². The molecule has 7 aromatic carbocycles. The van der Waals surface area contributed by atoms with Crippen LogP contribution in [0.25, 0.3) is 106 Å². The molecule has 0 aliphatic heterocycles. The summed E-state index contributed by atoms with van der Waals surface area (Å²) >= 11 is 0. The summed E-state index contributed by atoms with van der Waals surface area (Å²) in [5.74, 6) is 2.63. The maximum atomic E-state index is 6.57. The fourth-order valence-electron chi connectivity index (χ4n) is 8.26. The number of furan rings is 1. The summed E-state index contributed by atoms with van der Waals surface area (Å²) < 4.78 is 13.5. The quantitative estimate of drug-likeness (QED) is 0.177. The molecule has 0 bridgehead atoms. The summed E-state index contributed by atoms with van der Waals surface area (Å²) in [4.78, 5) is 20.4. The lowest BCUT2D eigenvalue weighted by atomic mass is 10.0. The third kappa shape index (κ3) is 4.47. The van der Waals surface area contributed by atoms with Crippen LogP contribution in [0.1, 0.15) is 0 Å². The highest BCUT2D eigenvalue weighted by Crippen LogP contribution is 2.41. The van der Waals surface area contributed by atoms with Gasteiger partial charge in [-0.15, -0.1) is 0 Å². The molecule has 5 aromatic heterocycles. The molecule has 262 valence electrons. The van der Waals surface area contributed by atoms with Crippen molar-refractivity contribution in [2.75, 3.05) is 0 Å². The van der Waals surface area contributed by atoms with Gasteiger partial charge in [0.15, 0.2) is 23.1 Å². The summed E-state index contributed by atoms with van der Waals surface area (Å²) in [6.07, 6.45) is 0. The highest BCUT2D eigenvalue weighted by atomic mass is 16.3. The Labute approximate surface area is 319 Å². The van der Waals surface area contributed by atoms with Crippen molar-refractivity contribution in [3.63, 3.8) is 0 Å². The van der Waals surface area contributed by atoms with E-state index in [4.69, 9.17) is 24.4 Å². The van der Waals surface area contributed by atoms with Gasteiger partial charge in [0.2, 0.25) is 5.78 Å². The van der Waals surface area contributed by atoms with Crippen molar-refractivity contribution in [1.82, 2.24) is 33.5 Å². The highest BCUT2D eigenvalue weighted by molar-refractivity contribution is 6.14. The van der Waals surface area contributed by atoms with Gasteiger partial charge in [-0.3, -0.25) is 13.5 Å². The average molecular weight is 720 g/mol. The number of rotatable bonds is 5. The molecule has 8 heteroatoms. The molecule has 0 saturated heterocycles. The van der Waals surface area contributed by atoms with Crippen LogP contribution in [0.5, 0.6) is 0 Å². The Hall–Kier alpha value is -7.84. The van der Waals surface area contributed by atoms with Crippen LogP contribution in [0.2, 0.25) is 0 Å². The van der Waals surface area contributed by atoms with E-state index in [9.17, 15) is 0 Å². The number of nitrogens with zero attached hydrogens (tertiary/aromatic N) is 7. The molecule has 0 unspecified atom stereocenters. The van der Waals surface area contributed by atoms with Crippen molar-refractivity contribution < 1.29 is 4.42 Å². The summed E-state index contributed by atoms with van der Waals surface area (Å²) in [5, 5.41) is 3.03. The molecule has 0 spiro atoms. The minimum atomic E-state index is 0.576.